The SMILES string of the molecule is C.Cc1nc(Nc2ncc(C(=O)Nc3c(C)cccc3Cl)s2)cc(N2CCN(CCO)CC2)n1.O. The summed E-state index contributed by atoms with van der Waals surface area (Å²) in [5, 5.41) is 16.2. The van der Waals surface area contributed by atoms with Crippen LogP contribution in [0.15, 0.2) is 30.5 Å². The molecule has 1 amide bonds. The number of nitrogens with zero attached hydrogens (tertiary/aromatic N) is 5. The molecule has 1 aliphatic heterocycles. The average Bonchev–Trinajstić information content (AvgIpc) is 3.25. The van der Waals surface area contributed by atoms with E-state index in [4.69, 9.17) is 16.7 Å². The minimum Gasteiger partial charge on any atom is -0.412 e. The van der Waals surface area contributed by atoms with Gasteiger partial charge in [-0.1, -0.05) is 42.5 Å². The number of amides is 1. The molecule has 0 unspecified atom stereocenters. The highest BCUT2D eigenvalue weighted by atomic mass is 35.5. The first kappa shape index (κ1) is 28.4. The summed E-state index contributed by atoms with van der Waals surface area (Å²) in [5.74, 6) is 1.85. The van der Waals surface area contributed by atoms with Gasteiger partial charge in [0.05, 0.1) is 23.5 Å². The Hall–Kier alpha value is -2.83. The highest BCUT2D eigenvalue weighted by molar-refractivity contribution is 7.17. The minimum absolute atomic E-state index is 0. The van der Waals surface area contributed by atoms with Gasteiger partial charge in [-0.25, -0.2) is 15.0 Å². The van der Waals surface area contributed by atoms with Crippen LogP contribution in [0.2, 0.25) is 5.02 Å². The third-order valence-corrected chi connectivity index (χ3v) is 6.59. The second-order valence-corrected chi connectivity index (χ2v) is 9.19. The smallest absolute Gasteiger partial charge is 0.267 e. The number of β-amino-alcohol motifs (C(OH)–C–C–N with tert-alkyl or cyclic N) is 1. The number of aryl methyl sites for hydroxylation is 2. The van der Waals surface area contributed by atoms with Gasteiger partial charge >= 0.3 is 0 Å². The molecule has 35 heavy (non-hydrogen) atoms. The molecule has 1 fully saturated rings. The van der Waals surface area contributed by atoms with Crippen molar-refractivity contribution in [3.05, 3.63) is 51.7 Å². The van der Waals surface area contributed by atoms with Gasteiger partial charge in [-0.15, -0.1) is 0 Å². The van der Waals surface area contributed by atoms with E-state index in [9.17, 15) is 4.79 Å². The lowest BCUT2D eigenvalue weighted by atomic mass is 10.2. The summed E-state index contributed by atoms with van der Waals surface area (Å²) in [6.07, 6.45) is 1.53. The van der Waals surface area contributed by atoms with Crippen molar-refractivity contribution in [3.63, 3.8) is 0 Å². The van der Waals surface area contributed by atoms with Gasteiger partial charge in [0.15, 0.2) is 5.13 Å². The summed E-state index contributed by atoms with van der Waals surface area (Å²) >= 11 is 7.46. The minimum atomic E-state index is -0.267. The van der Waals surface area contributed by atoms with Gasteiger partial charge in [0.2, 0.25) is 0 Å². The Kier molecular flexibility index (Phi) is 10.3. The van der Waals surface area contributed by atoms with E-state index in [1.165, 1.54) is 17.5 Å². The standard InChI is InChI=1S/C22H26ClN7O2S.CH4.H2O/c1-14-4-3-5-16(23)20(14)28-21(32)17-13-24-22(33-17)27-18-12-19(26-15(2)25-18)30-8-6-29(7-9-30)10-11-31;;/h3-5,12-13,31H,6-11H2,1-2H3,(H,28,32)(H,24,25,26,27);1H4;1H2. The molecule has 190 valence electrons. The summed E-state index contributed by atoms with van der Waals surface area (Å²) in [7, 11) is 0. The molecule has 0 radical (unpaired) electrons. The fourth-order valence-electron chi connectivity index (χ4n) is 3.63. The van der Waals surface area contributed by atoms with Gasteiger partial charge in [0, 0.05) is 38.8 Å². The van der Waals surface area contributed by atoms with Crippen LogP contribution in [0, 0.1) is 13.8 Å². The Morgan fingerprint density at radius 1 is 1.20 bits per heavy atom. The predicted molar refractivity (Wildman–Crippen MR) is 142 cm³/mol. The molecule has 1 aromatic carbocycles. The van der Waals surface area contributed by atoms with Crippen molar-refractivity contribution in [1.29, 1.82) is 0 Å². The van der Waals surface area contributed by atoms with Crippen LogP contribution in [-0.2, 0) is 0 Å². The molecular formula is C23H32ClN7O3S. The van der Waals surface area contributed by atoms with Gasteiger partial charge < -0.3 is 26.1 Å². The third-order valence-electron chi connectivity index (χ3n) is 5.36. The number of halogens is 1. The summed E-state index contributed by atoms with van der Waals surface area (Å²) in [4.78, 5) is 31.0. The summed E-state index contributed by atoms with van der Waals surface area (Å²) in [6, 6.07) is 7.37. The van der Waals surface area contributed by atoms with Gasteiger partial charge in [-0.3, -0.25) is 9.69 Å². The number of anilines is 4. The Labute approximate surface area is 214 Å². The number of thiazole rings is 1. The van der Waals surface area contributed by atoms with E-state index < -0.39 is 0 Å². The molecule has 3 aromatic rings. The molecule has 5 N–H and O–H groups in total. The first-order chi connectivity index (χ1) is 15.9. The highest BCUT2D eigenvalue weighted by Gasteiger charge is 2.19. The van der Waals surface area contributed by atoms with Gasteiger partial charge in [0.25, 0.3) is 5.91 Å². The van der Waals surface area contributed by atoms with Crippen molar-refractivity contribution >= 4 is 51.3 Å². The molecule has 0 atom stereocenters. The van der Waals surface area contributed by atoms with Crippen LogP contribution in [0.1, 0.15) is 28.5 Å². The molecule has 2 aromatic heterocycles. The van der Waals surface area contributed by atoms with Crippen LogP contribution in [-0.4, -0.2) is 75.7 Å². The van der Waals surface area contributed by atoms with Gasteiger partial charge in [-0.05, 0) is 25.5 Å². The summed E-state index contributed by atoms with van der Waals surface area (Å²) in [6.45, 7) is 8.03. The number of aliphatic hydroxyl groups excluding tert-OH is 1. The fourth-order valence-corrected chi connectivity index (χ4v) is 4.62. The van der Waals surface area contributed by atoms with Crippen LogP contribution in [0.5, 0.6) is 0 Å². The topological polar surface area (TPSA) is 138 Å². The van der Waals surface area contributed by atoms with Crippen molar-refractivity contribution in [2.45, 2.75) is 21.3 Å². The second kappa shape index (κ2) is 12.8. The molecule has 1 saturated heterocycles. The quantitative estimate of drug-likeness (QED) is 0.431. The van der Waals surface area contributed by atoms with Crippen molar-refractivity contribution in [2.24, 2.45) is 0 Å². The monoisotopic (exact) mass is 521 g/mol. The Morgan fingerprint density at radius 3 is 2.63 bits per heavy atom. The number of carbonyl (C=O) groups is 1. The maximum atomic E-state index is 12.7. The lowest BCUT2D eigenvalue weighted by Gasteiger charge is -2.35. The molecule has 0 aliphatic carbocycles. The normalized spacial score (nSPS) is 13.5. The van der Waals surface area contributed by atoms with Crippen LogP contribution >= 0.6 is 22.9 Å². The molecular weight excluding hydrogens is 490 g/mol. The molecule has 0 saturated carbocycles. The summed E-state index contributed by atoms with van der Waals surface area (Å²) < 4.78 is 0. The predicted octanol–water partition coefficient (Wildman–Crippen LogP) is 3.12. The first-order valence-corrected chi connectivity index (χ1v) is 11.9. The lowest BCUT2D eigenvalue weighted by Crippen LogP contribution is -2.47. The maximum Gasteiger partial charge on any atom is 0.267 e. The van der Waals surface area contributed by atoms with E-state index >= 15 is 0 Å². The largest absolute Gasteiger partial charge is 0.412 e. The fraction of sp³-hybridized carbons (Fsp3) is 0.391. The van der Waals surface area contributed by atoms with Gasteiger partial charge in [0.1, 0.15) is 22.3 Å². The van der Waals surface area contributed by atoms with E-state index in [1.807, 2.05) is 32.0 Å². The van der Waals surface area contributed by atoms with E-state index in [-0.39, 0.29) is 25.4 Å². The van der Waals surface area contributed by atoms with Crippen LogP contribution in [0.25, 0.3) is 0 Å². The van der Waals surface area contributed by atoms with Crippen molar-refractivity contribution in [2.75, 3.05) is 54.9 Å². The lowest BCUT2D eigenvalue weighted by molar-refractivity contribution is 0.103. The maximum absolute atomic E-state index is 12.7. The molecule has 12 heteroatoms. The number of para-hydroxylation sites is 1. The first-order valence-electron chi connectivity index (χ1n) is 10.7. The van der Waals surface area contributed by atoms with E-state index in [0.717, 1.165) is 37.6 Å². The Balaban J connectivity index is 0.00000216. The Bertz CT molecular complexity index is 1120. The molecule has 0 spiro atoms. The van der Waals surface area contributed by atoms with E-state index in [0.29, 0.717) is 38.9 Å². The van der Waals surface area contributed by atoms with Gasteiger partial charge in [-0.2, -0.15) is 0 Å². The number of benzene rings is 1. The number of hydrogen-bond acceptors (Lipinski definition) is 9. The number of rotatable bonds is 7. The number of piperazine rings is 1. The molecule has 1 aliphatic rings. The molecule has 3 heterocycles. The average molecular weight is 522 g/mol. The molecule has 10 nitrogen and oxygen atoms in total. The number of aromatic nitrogens is 3. The van der Waals surface area contributed by atoms with Crippen molar-refractivity contribution in [1.82, 2.24) is 19.9 Å². The number of carbonyl (C=O) groups excluding carboxylic acids is 1. The Morgan fingerprint density at radius 2 is 1.94 bits per heavy atom. The van der Waals surface area contributed by atoms with Crippen LogP contribution in [0.4, 0.5) is 22.5 Å². The highest BCUT2D eigenvalue weighted by Crippen LogP contribution is 2.28. The number of hydrogen-bond donors (Lipinski definition) is 3. The van der Waals surface area contributed by atoms with Crippen molar-refractivity contribution < 1.29 is 15.4 Å². The summed E-state index contributed by atoms with van der Waals surface area (Å²) in [5.41, 5.74) is 1.49. The van der Waals surface area contributed by atoms with Crippen LogP contribution < -0.4 is 15.5 Å². The van der Waals surface area contributed by atoms with E-state index in [2.05, 4.69) is 35.4 Å². The second-order valence-electron chi connectivity index (χ2n) is 7.75. The zero-order chi connectivity index (χ0) is 23.4. The number of nitrogens with one attached hydrogen (secondary N) is 2. The zero-order valence-electron chi connectivity index (χ0n) is 19.0. The molecule has 4 rings (SSSR count). The van der Waals surface area contributed by atoms with Crippen LogP contribution in [0.3, 0.4) is 0 Å². The third kappa shape index (κ3) is 7.09. The van der Waals surface area contributed by atoms with E-state index in [1.54, 1.807) is 6.07 Å². The number of aliphatic hydroxyl groups is 1. The molecule has 0 bridgehead atoms. The zero-order valence-corrected chi connectivity index (χ0v) is 20.6. The van der Waals surface area contributed by atoms with Crippen molar-refractivity contribution in [3.8, 4) is 0 Å².